The number of esters is 3. The van der Waals surface area contributed by atoms with Crippen molar-refractivity contribution in [2.75, 3.05) is 13.2 Å². The molecule has 3 unspecified atom stereocenters. The molecule has 9 nitrogen and oxygen atoms in total. The fourth-order valence-corrected chi connectivity index (χ4v) is 5.82. The van der Waals surface area contributed by atoms with E-state index in [-0.39, 0.29) is 30.0 Å². The first-order valence-corrected chi connectivity index (χ1v) is 16.7. The average molecular weight is 659 g/mol. The molecule has 1 fully saturated rings. The van der Waals surface area contributed by atoms with Crippen molar-refractivity contribution in [2.24, 2.45) is 17.8 Å². The Labute approximate surface area is 282 Å². The fourth-order valence-electron chi connectivity index (χ4n) is 5.82. The van der Waals surface area contributed by atoms with Gasteiger partial charge in [0.15, 0.2) is 0 Å². The Morgan fingerprint density at radius 3 is 2.06 bits per heavy atom. The van der Waals surface area contributed by atoms with Gasteiger partial charge in [-0.15, -0.1) is 0 Å². The Balaban J connectivity index is 1.21. The zero-order valence-electron chi connectivity index (χ0n) is 28.3. The van der Waals surface area contributed by atoms with E-state index in [0.29, 0.717) is 47.7 Å². The fraction of sp³-hybridized carbons (Fsp3) is 0.436. The van der Waals surface area contributed by atoms with Gasteiger partial charge in [-0.1, -0.05) is 45.9 Å². The van der Waals surface area contributed by atoms with E-state index < -0.39 is 18.1 Å². The van der Waals surface area contributed by atoms with Crippen LogP contribution in [-0.4, -0.2) is 43.4 Å². The average Bonchev–Trinajstić information content (AvgIpc) is 3.05. The summed E-state index contributed by atoms with van der Waals surface area (Å²) in [7, 11) is 0. The van der Waals surface area contributed by atoms with Crippen LogP contribution in [0, 0.1) is 17.8 Å². The number of benzene rings is 3. The van der Waals surface area contributed by atoms with Gasteiger partial charge in [0, 0.05) is 5.57 Å². The summed E-state index contributed by atoms with van der Waals surface area (Å²) in [5.41, 5.74) is 1.15. The van der Waals surface area contributed by atoms with Crippen LogP contribution in [0.15, 0.2) is 72.8 Å². The second-order valence-corrected chi connectivity index (χ2v) is 12.9. The Morgan fingerprint density at radius 1 is 0.750 bits per heavy atom. The van der Waals surface area contributed by atoms with Crippen LogP contribution < -0.4 is 9.47 Å². The highest BCUT2D eigenvalue weighted by Gasteiger charge is 2.33. The number of hydrogen-bond acceptors (Lipinski definition) is 9. The molecule has 256 valence electrons. The van der Waals surface area contributed by atoms with Crippen LogP contribution in [0.3, 0.4) is 0 Å². The lowest BCUT2D eigenvalue weighted by Crippen LogP contribution is -2.35. The van der Waals surface area contributed by atoms with Gasteiger partial charge in [0.05, 0.1) is 24.3 Å². The van der Waals surface area contributed by atoms with Crippen LogP contribution >= 0.6 is 0 Å². The van der Waals surface area contributed by atoms with Crippen molar-refractivity contribution in [3.63, 3.8) is 0 Å². The van der Waals surface area contributed by atoms with Crippen LogP contribution in [0.2, 0.25) is 0 Å². The zero-order valence-corrected chi connectivity index (χ0v) is 28.3. The van der Waals surface area contributed by atoms with Gasteiger partial charge in [-0.2, -0.15) is 0 Å². The molecule has 0 bridgehead atoms. The van der Waals surface area contributed by atoms with Crippen LogP contribution in [0.4, 0.5) is 4.79 Å². The topological polar surface area (TPSA) is 114 Å². The smallest absolute Gasteiger partial charge is 0.462 e. The molecule has 0 amide bonds. The molecule has 1 aliphatic carbocycles. The van der Waals surface area contributed by atoms with Gasteiger partial charge in [0.25, 0.3) is 0 Å². The minimum absolute atomic E-state index is 0.0759. The predicted octanol–water partition coefficient (Wildman–Crippen LogP) is 8.87. The maximum absolute atomic E-state index is 13.1. The molecule has 3 aromatic rings. The molecule has 48 heavy (non-hydrogen) atoms. The van der Waals surface area contributed by atoms with Crippen LogP contribution in [0.25, 0.3) is 10.8 Å². The Kier molecular flexibility index (Phi) is 13.2. The molecule has 3 atom stereocenters. The summed E-state index contributed by atoms with van der Waals surface area (Å²) in [5.74, 6) is 0.671. The van der Waals surface area contributed by atoms with E-state index in [9.17, 15) is 19.2 Å². The van der Waals surface area contributed by atoms with E-state index in [1.165, 1.54) is 30.7 Å². The van der Waals surface area contributed by atoms with Crippen LogP contribution in [-0.2, 0) is 19.0 Å². The molecule has 4 rings (SSSR count). The number of fused-ring (bicyclic) bond motifs is 1. The van der Waals surface area contributed by atoms with Crippen molar-refractivity contribution >= 4 is 34.8 Å². The third-order valence-electron chi connectivity index (χ3n) is 8.61. The monoisotopic (exact) mass is 658 g/mol. The molecule has 9 heteroatoms. The lowest BCUT2D eigenvalue weighted by molar-refractivity contribution is -0.139. The Hall–Kier alpha value is -4.66. The summed E-state index contributed by atoms with van der Waals surface area (Å²) >= 11 is 0. The molecule has 0 N–H and O–H groups in total. The minimum Gasteiger partial charge on any atom is -0.462 e. The summed E-state index contributed by atoms with van der Waals surface area (Å²) in [6.45, 7) is 12.3. The molecule has 0 radical (unpaired) electrons. The quantitative estimate of drug-likeness (QED) is 0.0418. The van der Waals surface area contributed by atoms with E-state index >= 15 is 0 Å². The minimum atomic E-state index is -0.836. The lowest BCUT2D eigenvalue weighted by atomic mass is 9.75. The summed E-state index contributed by atoms with van der Waals surface area (Å²) in [6, 6.07) is 16.6. The number of carbonyl (C=O) groups excluding carboxylic acids is 4. The van der Waals surface area contributed by atoms with E-state index in [1.807, 2.05) is 6.07 Å². The van der Waals surface area contributed by atoms with Crippen molar-refractivity contribution in [3.05, 3.63) is 83.9 Å². The highest BCUT2D eigenvalue weighted by atomic mass is 16.7. The lowest BCUT2D eigenvalue weighted by Gasteiger charge is -2.36. The number of hydrogen-bond donors (Lipinski definition) is 0. The molecule has 0 heterocycles. The van der Waals surface area contributed by atoms with E-state index in [4.69, 9.17) is 23.7 Å². The zero-order chi connectivity index (χ0) is 34.6. The summed E-state index contributed by atoms with van der Waals surface area (Å²) < 4.78 is 26.9. The van der Waals surface area contributed by atoms with E-state index in [1.54, 1.807) is 37.3 Å². The molecule has 0 aromatic heterocycles. The molecule has 1 saturated carbocycles. The number of unbranched alkanes of at least 4 members (excludes halogenated alkanes) is 3. The van der Waals surface area contributed by atoms with Crippen LogP contribution in [0.5, 0.6) is 11.5 Å². The van der Waals surface area contributed by atoms with E-state index in [0.717, 1.165) is 42.9 Å². The third-order valence-corrected chi connectivity index (χ3v) is 8.61. The van der Waals surface area contributed by atoms with Gasteiger partial charge in [0.2, 0.25) is 0 Å². The van der Waals surface area contributed by atoms with Gasteiger partial charge in [0.1, 0.15) is 17.6 Å². The molecule has 1 aliphatic rings. The van der Waals surface area contributed by atoms with Gasteiger partial charge < -0.3 is 23.7 Å². The first-order valence-electron chi connectivity index (χ1n) is 16.7. The van der Waals surface area contributed by atoms with Crippen molar-refractivity contribution in [1.29, 1.82) is 0 Å². The summed E-state index contributed by atoms with van der Waals surface area (Å²) in [4.78, 5) is 49.2. The summed E-state index contributed by atoms with van der Waals surface area (Å²) in [6.07, 6.45) is 5.22. The van der Waals surface area contributed by atoms with Gasteiger partial charge in [-0.25, -0.2) is 19.2 Å². The molecule has 3 aromatic carbocycles. The number of rotatable bonds is 14. The molecule has 0 spiro atoms. The van der Waals surface area contributed by atoms with Crippen molar-refractivity contribution in [2.45, 2.75) is 78.7 Å². The standard InChI is InChI=1S/C39H46O9/c1-25(2)34-19-10-27(5)22-35(34)48-38(42)31-12-11-30-24-33(18-15-29(30)23-31)46-37(41)28-13-16-32(17-14-28)47-39(43)45-21-9-7-6-8-20-44-36(40)26(3)4/h11-18,23-25,27,34-35H,3,6-10,19-22H2,1-2,4-5H3. The third kappa shape index (κ3) is 10.7. The van der Waals surface area contributed by atoms with Crippen molar-refractivity contribution in [3.8, 4) is 11.5 Å². The first kappa shape index (κ1) is 36.2. The largest absolute Gasteiger partial charge is 0.513 e. The maximum Gasteiger partial charge on any atom is 0.513 e. The van der Waals surface area contributed by atoms with Crippen molar-refractivity contribution < 1.29 is 42.9 Å². The molecule has 0 saturated heterocycles. The molecule has 0 aliphatic heterocycles. The van der Waals surface area contributed by atoms with Crippen LogP contribution in [0.1, 0.15) is 93.4 Å². The molecular weight excluding hydrogens is 612 g/mol. The van der Waals surface area contributed by atoms with Gasteiger partial charge in [-0.3, -0.25) is 0 Å². The molecular formula is C39H46O9. The highest BCUT2D eigenvalue weighted by Crippen LogP contribution is 2.36. The first-order chi connectivity index (χ1) is 23.0. The van der Waals surface area contributed by atoms with E-state index in [2.05, 4.69) is 27.4 Å². The second kappa shape index (κ2) is 17.5. The maximum atomic E-state index is 13.1. The normalized spacial score (nSPS) is 17.4. The van der Waals surface area contributed by atoms with Gasteiger partial charge in [-0.05, 0) is 123 Å². The van der Waals surface area contributed by atoms with Crippen molar-refractivity contribution in [1.82, 2.24) is 0 Å². The number of ether oxygens (including phenoxy) is 5. The second-order valence-electron chi connectivity index (χ2n) is 12.9. The summed E-state index contributed by atoms with van der Waals surface area (Å²) in [5, 5.41) is 1.64. The predicted molar refractivity (Wildman–Crippen MR) is 182 cm³/mol. The Morgan fingerprint density at radius 2 is 1.38 bits per heavy atom. The van der Waals surface area contributed by atoms with Gasteiger partial charge >= 0.3 is 24.1 Å². The Bertz CT molecular complexity index is 1590. The SMILES string of the molecule is C=C(C)C(=O)OCCCCCCOC(=O)Oc1ccc(C(=O)Oc2ccc3cc(C(=O)OC4CC(C)CCC4C(C)C)ccc3c2)cc1. The number of carbonyl (C=O) groups is 4. The highest BCUT2D eigenvalue weighted by molar-refractivity contribution is 5.96.